The van der Waals surface area contributed by atoms with E-state index >= 15 is 0 Å². The van der Waals surface area contributed by atoms with Crippen molar-refractivity contribution in [1.29, 1.82) is 0 Å². The van der Waals surface area contributed by atoms with Crippen LogP contribution in [-0.2, 0) is 0 Å². The molecule has 3 aliphatic heterocycles. The smallest absolute Gasteiger partial charge is 0.135 e. The number of nitrogens with zero attached hydrogens (tertiary/aromatic N) is 3. The van der Waals surface area contributed by atoms with Gasteiger partial charge in [0, 0.05) is 18.2 Å². The highest BCUT2D eigenvalue weighted by atomic mass is 15.2. The highest BCUT2D eigenvalue weighted by Crippen LogP contribution is 2.32. The standard InChI is InChI=1S/C14H23N5/c1-9(2)12-13(15)16-8-17-14(12)18-11-7-19-5-3-10(11)4-6-19/h8-11H,3-7H2,1-2H3,(H3,15,16,17,18). The molecule has 1 unspecified atom stereocenters. The summed E-state index contributed by atoms with van der Waals surface area (Å²) in [5.74, 6) is 2.65. The summed E-state index contributed by atoms with van der Waals surface area (Å²) < 4.78 is 0. The van der Waals surface area contributed by atoms with Gasteiger partial charge in [0.2, 0.25) is 0 Å². The Hall–Kier alpha value is -1.36. The van der Waals surface area contributed by atoms with E-state index in [2.05, 4.69) is 34.0 Å². The van der Waals surface area contributed by atoms with Gasteiger partial charge in [-0.15, -0.1) is 0 Å². The molecule has 1 atom stereocenters. The number of nitrogens with two attached hydrogens (primary N) is 1. The maximum absolute atomic E-state index is 6.00. The molecule has 5 heteroatoms. The topological polar surface area (TPSA) is 67.1 Å². The highest BCUT2D eigenvalue weighted by Gasteiger charge is 2.34. The van der Waals surface area contributed by atoms with Gasteiger partial charge in [0.15, 0.2) is 0 Å². The second-order valence-corrected chi connectivity index (χ2v) is 6.06. The fourth-order valence-electron chi connectivity index (χ4n) is 3.40. The summed E-state index contributed by atoms with van der Waals surface area (Å²) in [7, 11) is 0. The zero-order valence-electron chi connectivity index (χ0n) is 11.8. The fourth-order valence-corrected chi connectivity index (χ4v) is 3.40. The maximum Gasteiger partial charge on any atom is 0.135 e. The molecule has 3 fully saturated rings. The fraction of sp³-hybridized carbons (Fsp3) is 0.714. The molecule has 2 bridgehead atoms. The molecule has 0 saturated carbocycles. The van der Waals surface area contributed by atoms with Crippen LogP contribution >= 0.6 is 0 Å². The summed E-state index contributed by atoms with van der Waals surface area (Å²) in [6.07, 6.45) is 4.16. The number of nitrogen functional groups attached to an aromatic ring is 1. The Kier molecular flexibility index (Phi) is 3.31. The van der Waals surface area contributed by atoms with Crippen LogP contribution in [-0.4, -0.2) is 40.5 Å². The minimum atomic E-state index is 0.338. The Balaban J connectivity index is 1.82. The van der Waals surface area contributed by atoms with Crippen molar-refractivity contribution in [2.75, 3.05) is 30.7 Å². The summed E-state index contributed by atoms with van der Waals surface area (Å²) in [4.78, 5) is 11.1. The molecule has 104 valence electrons. The van der Waals surface area contributed by atoms with E-state index in [1.165, 1.54) is 25.9 Å². The first-order chi connectivity index (χ1) is 9.15. The Morgan fingerprint density at radius 2 is 2.05 bits per heavy atom. The van der Waals surface area contributed by atoms with E-state index in [9.17, 15) is 0 Å². The van der Waals surface area contributed by atoms with E-state index in [1.807, 2.05) is 0 Å². The van der Waals surface area contributed by atoms with Gasteiger partial charge in [0.25, 0.3) is 0 Å². The van der Waals surface area contributed by atoms with E-state index in [-0.39, 0.29) is 0 Å². The molecular weight excluding hydrogens is 238 g/mol. The lowest BCUT2D eigenvalue weighted by atomic mass is 9.84. The van der Waals surface area contributed by atoms with Gasteiger partial charge in [-0.2, -0.15) is 0 Å². The molecule has 3 aliphatic rings. The lowest BCUT2D eigenvalue weighted by Crippen LogP contribution is -2.53. The zero-order valence-corrected chi connectivity index (χ0v) is 11.8. The molecule has 0 spiro atoms. The first-order valence-corrected chi connectivity index (χ1v) is 7.24. The van der Waals surface area contributed by atoms with E-state index in [0.717, 1.165) is 23.8 Å². The van der Waals surface area contributed by atoms with Gasteiger partial charge in [0.05, 0.1) is 0 Å². The lowest BCUT2D eigenvalue weighted by molar-refractivity contribution is 0.0973. The number of rotatable bonds is 3. The number of anilines is 2. The van der Waals surface area contributed by atoms with Crippen molar-refractivity contribution in [2.24, 2.45) is 5.92 Å². The third kappa shape index (κ3) is 2.39. The largest absolute Gasteiger partial charge is 0.383 e. The van der Waals surface area contributed by atoms with E-state index in [0.29, 0.717) is 17.8 Å². The predicted octanol–water partition coefficient (Wildman–Crippen LogP) is 1.69. The molecule has 0 aromatic carbocycles. The number of piperidine rings is 3. The minimum Gasteiger partial charge on any atom is -0.383 e. The SMILES string of the molecule is CC(C)c1c(N)ncnc1NC1CN2CCC1CC2. The van der Waals surface area contributed by atoms with Crippen molar-refractivity contribution in [1.82, 2.24) is 14.9 Å². The summed E-state index contributed by atoms with van der Waals surface area (Å²) in [5, 5.41) is 3.63. The van der Waals surface area contributed by atoms with Crippen molar-refractivity contribution in [2.45, 2.75) is 38.6 Å². The predicted molar refractivity (Wildman–Crippen MR) is 77.1 cm³/mol. The van der Waals surface area contributed by atoms with Crippen molar-refractivity contribution in [3.05, 3.63) is 11.9 Å². The first kappa shape index (κ1) is 12.7. The van der Waals surface area contributed by atoms with Gasteiger partial charge >= 0.3 is 0 Å². The number of aromatic nitrogens is 2. The van der Waals surface area contributed by atoms with Crippen LogP contribution in [0.15, 0.2) is 6.33 Å². The molecule has 3 N–H and O–H groups in total. The normalized spacial score (nSPS) is 29.7. The molecule has 4 heterocycles. The molecule has 0 amide bonds. The summed E-state index contributed by atoms with van der Waals surface area (Å²) in [5.41, 5.74) is 7.06. The van der Waals surface area contributed by atoms with E-state index in [4.69, 9.17) is 5.73 Å². The molecular formula is C14H23N5. The van der Waals surface area contributed by atoms with Crippen LogP contribution in [0.2, 0.25) is 0 Å². The molecule has 1 aromatic rings. The van der Waals surface area contributed by atoms with Crippen LogP contribution in [0.25, 0.3) is 0 Å². The number of hydrogen-bond donors (Lipinski definition) is 2. The van der Waals surface area contributed by atoms with Crippen LogP contribution in [0.3, 0.4) is 0 Å². The Labute approximate surface area is 114 Å². The van der Waals surface area contributed by atoms with Crippen LogP contribution < -0.4 is 11.1 Å². The van der Waals surface area contributed by atoms with E-state index in [1.54, 1.807) is 6.33 Å². The van der Waals surface area contributed by atoms with Crippen LogP contribution in [0.1, 0.15) is 38.2 Å². The summed E-state index contributed by atoms with van der Waals surface area (Å²) in [6.45, 7) is 7.91. The van der Waals surface area contributed by atoms with Gasteiger partial charge in [-0.05, 0) is 37.8 Å². The quantitative estimate of drug-likeness (QED) is 0.866. The molecule has 19 heavy (non-hydrogen) atoms. The van der Waals surface area contributed by atoms with Gasteiger partial charge in [-0.1, -0.05) is 13.8 Å². The van der Waals surface area contributed by atoms with Crippen LogP contribution in [0, 0.1) is 5.92 Å². The lowest BCUT2D eigenvalue weighted by Gasteiger charge is -2.45. The van der Waals surface area contributed by atoms with Crippen molar-refractivity contribution < 1.29 is 0 Å². The Morgan fingerprint density at radius 1 is 1.32 bits per heavy atom. The van der Waals surface area contributed by atoms with Crippen molar-refractivity contribution in [3.63, 3.8) is 0 Å². The minimum absolute atomic E-state index is 0.338. The van der Waals surface area contributed by atoms with Crippen LogP contribution in [0.5, 0.6) is 0 Å². The summed E-state index contributed by atoms with van der Waals surface area (Å²) in [6, 6.07) is 0.509. The highest BCUT2D eigenvalue weighted by molar-refractivity contribution is 5.57. The van der Waals surface area contributed by atoms with Crippen molar-refractivity contribution >= 4 is 11.6 Å². The maximum atomic E-state index is 6.00. The van der Waals surface area contributed by atoms with Crippen LogP contribution in [0.4, 0.5) is 11.6 Å². The van der Waals surface area contributed by atoms with E-state index < -0.39 is 0 Å². The summed E-state index contributed by atoms with van der Waals surface area (Å²) >= 11 is 0. The second kappa shape index (κ2) is 4.96. The first-order valence-electron chi connectivity index (χ1n) is 7.24. The molecule has 5 nitrogen and oxygen atoms in total. The monoisotopic (exact) mass is 261 g/mol. The zero-order chi connectivity index (χ0) is 13.4. The number of nitrogens with one attached hydrogen (secondary N) is 1. The van der Waals surface area contributed by atoms with Gasteiger partial charge in [-0.3, -0.25) is 0 Å². The van der Waals surface area contributed by atoms with Gasteiger partial charge in [0.1, 0.15) is 18.0 Å². The molecule has 4 rings (SSSR count). The molecule has 1 aromatic heterocycles. The van der Waals surface area contributed by atoms with Gasteiger partial charge < -0.3 is 16.0 Å². The second-order valence-electron chi connectivity index (χ2n) is 6.06. The molecule has 3 saturated heterocycles. The third-order valence-electron chi connectivity index (χ3n) is 4.47. The Morgan fingerprint density at radius 3 is 2.63 bits per heavy atom. The average molecular weight is 261 g/mol. The third-order valence-corrected chi connectivity index (χ3v) is 4.47. The van der Waals surface area contributed by atoms with Crippen molar-refractivity contribution in [3.8, 4) is 0 Å². The average Bonchev–Trinajstić information content (AvgIpc) is 2.39. The van der Waals surface area contributed by atoms with Gasteiger partial charge in [-0.25, -0.2) is 9.97 Å². The molecule has 0 radical (unpaired) electrons. The molecule has 0 aliphatic carbocycles. The number of hydrogen-bond acceptors (Lipinski definition) is 5. The number of fused-ring (bicyclic) bond motifs is 3. The Bertz CT molecular complexity index is 451.